The number of rotatable bonds is 5. The predicted molar refractivity (Wildman–Crippen MR) is 125 cm³/mol. The highest BCUT2D eigenvalue weighted by Crippen LogP contribution is 2.33. The van der Waals surface area contributed by atoms with Gasteiger partial charge in [-0.15, -0.1) is 12.4 Å². The molecule has 1 aliphatic rings. The fourth-order valence-electron chi connectivity index (χ4n) is 2.81. The maximum atomic E-state index is 12.3. The average Bonchev–Trinajstić information content (AvgIpc) is 2.65. The van der Waals surface area contributed by atoms with Crippen molar-refractivity contribution in [1.82, 2.24) is 10.2 Å². The van der Waals surface area contributed by atoms with Crippen LogP contribution in [-0.4, -0.2) is 42.1 Å². The molecule has 3 rings (SSSR count). The van der Waals surface area contributed by atoms with E-state index >= 15 is 0 Å². The predicted octanol–water partition coefficient (Wildman–Crippen LogP) is 4.18. The van der Waals surface area contributed by atoms with E-state index < -0.39 is 0 Å². The molecule has 146 valence electrons. The van der Waals surface area contributed by atoms with Crippen molar-refractivity contribution in [1.29, 1.82) is 0 Å². The number of ether oxygens (including phenoxy) is 1. The van der Waals surface area contributed by atoms with E-state index in [4.69, 9.17) is 4.74 Å². The fourth-order valence-corrected chi connectivity index (χ4v) is 4.93. The number of phenols is 1. The molecule has 1 amide bonds. The van der Waals surface area contributed by atoms with Crippen molar-refractivity contribution in [2.75, 3.05) is 26.2 Å². The third-order valence-corrected chi connectivity index (χ3v) is 5.81. The second-order valence-corrected chi connectivity index (χ2v) is 8.44. The average molecular weight is 615 g/mol. The third-order valence-electron chi connectivity index (χ3n) is 4.21. The number of aryl methyl sites for hydroxylation is 1. The number of hydrogen-bond donors (Lipinski definition) is 2. The van der Waals surface area contributed by atoms with Crippen molar-refractivity contribution in [3.63, 3.8) is 0 Å². The Morgan fingerprint density at radius 2 is 1.70 bits per heavy atom. The maximum Gasteiger partial charge on any atom is 0.222 e. The van der Waals surface area contributed by atoms with Crippen LogP contribution in [0.2, 0.25) is 0 Å². The van der Waals surface area contributed by atoms with Crippen molar-refractivity contribution < 1.29 is 14.6 Å². The first-order valence-corrected chi connectivity index (χ1v) is 10.6. The molecule has 0 spiro atoms. The van der Waals surface area contributed by atoms with Gasteiger partial charge < -0.3 is 20.1 Å². The minimum Gasteiger partial charge on any atom is -0.508 e. The van der Waals surface area contributed by atoms with Crippen LogP contribution < -0.4 is 10.1 Å². The summed E-state index contributed by atoms with van der Waals surface area (Å²) in [6.45, 7) is 3.36. The zero-order valence-electron chi connectivity index (χ0n) is 14.6. The number of nitrogens with one attached hydrogen (secondary N) is 1. The molecule has 0 unspecified atom stereocenters. The van der Waals surface area contributed by atoms with Crippen LogP contribution in [0.3, 0.4) is 0 Å². The van der Waals surface area contributed by atoms with Gasteiger partial charge in [0.15, 0.2) is 5.75 Å². The number of hydrogen-bond acceptors (Lipinski definition) is 4. The number of amides is 1. The van der Waals surface area contributed by atoms with Gasteiger partial charge in [0.2, 0.25) is 5.91 Å². The Morgan fingerprint density at radius 3 is 2.30 bits per heavy atom. The summed E-state index contributed by atoms with van der Waals surface area (Å²) in [7, 11) is 0. The molecule has 27 heavy (non-hydrogen) atoms. The molecule has 1 fully saturated rings. The van der Waals surface area contributed by atoms with E-state index in [-0.39, 0.29) is 24.1 Å². The molecule has 8 heteroatoms. The van der Waals surface area contributed by atoms with E-state index in [0.29, 0.717) is 12.2 Å². The minimum absolute atomic E-state index is 0. The van der Waals surface area contributed by atoms with Gasteiger partial charge in [-0.3, -0.25) is 4.79 Å². The van der Waals surface area contributed by atoms with Crippen molar-refractivity contribution in [3.05, 3.63) is 49.1 Å². The number of piperazine rings is 1. The number of carbonyl (C=O) groups is 1. The summed E-state index contributed by atoms with van der Waals surface area (Å²) in [6, 6.07) is 10.8. The van der Waals surface area contributed by atoms with E-state index in [0.717, 1.165) is 51.1 Å². The summed E-state index contributed by atoms with van der Waals surface area (Å²) >= 11 is 4.53. The van der Waals surface area contributed by atoms with Crippen molar-refractivity contribution >= 4 is 63.5 Å². The van der Waals surface area contributed by atoms with Gasteiger partial charge in [-0.2, -0.15) is 0 Å². The van der Waals surface area contributed by atoms with Crippen molar-refractivity contribution in [2.45, 2.75) is 12.8 Å². The maximum absolute atomic E-state index is 12.3. The molecule has 0 atom stereocenters. The van der Waals surface area contributed by atoms with Gasteiger partial charge in [-0.1, -0.05) is 0 Å². The van der Waals surface area contributed by atoms with Gasteiger partial charge in [0, 0.05) is 32.6 Å². The summed E-state index contributed by atoms with van der Waals surface area (Å²) in [5.74, 6) is 1.92. The van der Waals surface area contributed by atoms with Gasteiger partial charge >= 0.3 is 0 Å². The Balaban J connectivity index is 0.00000261. The lowest BCUT2D eigenvalue weighted by molar-refractivity contribution is -0.131. The molecule has 2 aromatic rings. The molecule has 1 heterocycles. The molecule has 0 saturated carbocycles. The summed E-state index contributed by atoms with van der Waals surface area (Å²) in [6.07, 6.45) is 1.26. The Kier molecular flexibility index (Phi) is 8.90. The Hall–Kier alpha value is -0.780. The SMILES string of the molecule is Cl.O=C(CCc1cc(I)c(Oc2ccc(O)cc2)c(I)c1)N1CCNCC1. The van der Waals surface area contributed by atoms with Crippen molar-refractivity contribution in [2.24, 2.45) is 0 Å². The van der Waals surface area contributed by atoms with Crippen LogP contribution in [0.25, 0.3) is 0 Å². The van der Waals surface area contributed by atoms with Gasteiger partial charge in [-0.05, 0) is 93.6 Å². The molecule has 1 saturated heterocycles. The summed E-state index contributed by atoms with van der Waals surface area (Å²) in [4.78, 5) is 14.3. The van der Waals surface area contributed by atoms with Crippen molar-refractivity contribution in [3.8, 4) is 17.2 Å². The molecule has 5 nitrogen and oxygen atoms in total. The van der Waals surface area contributed by atoms with Crippen LogP contribution in [0.5, 0.6) is 17.2 Å². The first kappa shape index (κ1) is 22.5. The van der Waals surface area contributed by atoms with Gasteiger partial charge in [0.05, 0.1) is 7.14 Å². The van der Waals surface area contributed by atoms with E-state index in [9.17, 15) is 9.90 Å². The quantitative estimate of drug-likeness (QED) is 0.497. The zero-order valence-corrected chi connectivity index (χ0v) is 19.7. The second kappa shape index (κ2) is 10.7. The number of nitrogens with zero attached hydrogens (tertiary/aromatic N) is 1. The van der Waals surface area contributed by atoms with E-state index in [1.54, 1.807) is 24.3 Å². The highest BCUT2D eigenvalue weighted by Gasteiger charge is 2.17. The van der Waals surface area contributed by atoms with E-state index in [2.05, 4.69) is 62.6 Å². The lowest BCUT2D eigenvalue weighted by Gasteiger charge is -2.27. The number of halogens is 3. The molecule has 0 radical (unpaired) electrons. The van der Waals surface area contributed by atoms with E-state index in [1.165, 1.54) is 0 Å². The highest BCUT2D eigenvalue weighted by atomic mass is 127. The summed E-state index contributed by atoms with van der Waals surface area (Å²) < 4.78 is 7.98. The van der Waals surface area contributed by atoms with Gasteiger partial charge in [-0.25, -0.2) is 0 Å². The highest BCUT2D eigenvalue weighted by molar-refractivity contribution is 14.1. The molecule has 1 aliphatic heterocycles. The number of aromatic hydroxyl groups is 1. The summed E-state index contributed by atoms with van der Waals surface area (Å²) in [5.41, 5.74) is 1.14. The Morgan fingerprint density at radius 1 is 1.11 bits per heavy atom. The lowest BCUT2D eigenvalue weighted by atomic mass is 10.1. The molecule has 0 bridgehead atoms. The van der Waals surface area contributed by atoms with E-state index in [1.807, 2.05) is 4.90 Å². The monoisotopic (exact) mass is 614 g/mol. The van der Waals surface area contributed by atoms with Crippen LogP contribution in [0, 0.1) is 7.14 Å². The smallest absolute Gasteiger partial charge is 0.222 e. The largest absolute Gasteiger partial charge is 0.508 e. The zero-order chi connectivity index (χ0) is 18.5. The van der Waals surface area contributed by atoms with Gasteiger partial charge in [0.25, 0.3) is 0 Å². The Bertz CT molecular complexity index is 758. The number of phenolic OH excluding ortho intramolecular Hbond substituents is 1. The molecule has 2 N–H and O–H groups in total. The first-order valence-electron chi connectivity index (χ1n) is 8.46. The molecular weight excluding hydrogens is 593 g/mol. The minimum atomic E-state index is 0. The lowest BCUT2D eigenvalue weighted by Crippen LogP contribution is -2.46. The standard InChI is InChI=1S/C19H20I2N2O3.ClH/c20-16-11-13(1-6-18(25)23-9-7-22-8-10-23)12-17(21)19(16)26-15-4-2-14(24)3-5-15;/h2-5,11-12,22,24H,1,6-10H2;1H. The topological polar surface area (TPSA) is 61.8 Å². The molecular formula is C19H21ClI2N2O3. The first-order chi connectivity index (χ1) is 12.5. The Labute approximate surface area is 192 Å². The fraction of sp³-hybridized carbons (Fsp3) is 0.316. The number of carbonyl (C=O) groups excluding carboxylic acids is 1. The van der Waals surface area contributed by atoms with Crippen LogP contribution in [0.15, 0.2) is 36.4 Å². The van der Waals surface area contributed by atoms with Crippen LogP contribution in [0.1, 0.15) is 12.0 Å². The number of benzene rings is 2. The second-order valence-electron chi connectivity index (χ2n) is 6.12. The van der Waals surface area contributed by atoms with Crippen LogP contribution in [-0.2, 0) is 11.2 Å². The van der Waals surface area contributed by atoms with Crippen LogP contribution >= 0.6 is 57.6 Å². The molecule has 0 aromatic heterocycles. The normalized spacial score (nSPS) is 13.8. The molecule has 2 aromatic carbocycles. The van der Waals surface area contributed by atoms with Crippen LogP contribution in [0.4, 0.5) is 0 Å². The van der Waals surface area contributed by atoms with Gasteiger partial charge in [0.1, 0.15) is 11.5 Å². The molecule has 0 aliphatic carbocycles. The third kappa shape index (κ3) is 6.37. The summed E-state index contributed by atoms with van der Waals surface area (Å²) in [5, 5.41) is 12.6.